The van der Waals surface area contributed by atoms with E-state index in [0.717, 1.165) is 29.5 Å². The molecule has 0 saturated heterocycles. The van der Waals surface area contributed by atoms with E-state index in [2.05, 4.69) is 26.8 Å². The van der Waals surface area contributed by atoms with Crippen LogP contribution in [-0.4, -0.2) is 11.8 Å². The molecule has 1 aromatic rings. The molecule has 1 fully saturated rings. The molecule has 6 heteroatoms. The van der Waals surface area contributed by atoms with Crippen LogP contribution in [0.2, 0.25) is 0 Å². The zero-order chi connectivity index (χ0) is 13.0. The van der Waals surface area contributed by atoms with Crippen LogP contribution in [0.4, 0.5) is 0 Å². The zero-order valence-corrected chi connectivity index (χ0v) is 12.3. The van der Waals surface area contributed by atoms with Crippen molar-refractivity contribution in [1.29, 1.82) is 0 Å². The topological polar surface area (TPSA) is 58.2 Å². The lowest BCUT2D eigenvalue weighted by Crippen LogP contribution is -2.44. The highest BCUT2D eigenvalue weighted by molar-refractivity contribution is 9.11. The van der Waals surface area contributed by atoms with E-state index >= 15 is 0 Å². The van der Waals surface area contributed by atoms with Crippen LogP contribution in [0.3, 0.4) is 0 Å². The predicted octanol–water partition coefficient (Wildman–Crippen LogP) is 2.85. The lowest BCUT2D eigenvalue weighted by Gasteiger charge is -2.20. The zero-order valence-electron chi connectivity index (χ0n) is 9.87. The summed E-state index contributed by atoms with van der Waals surface area (Å²) in [5.41, 5.74) is 4.97. The van der Waals surface area contributed by atoms with Crippen molar-refractivity contribution < 1.29 is 9.59 Å². The largest absolute Gasteiger partial charge is 0.279 e. The highest BCUT2D eigenvalue weighted by atomic mass is 79.9. The molecule has 4 nitrogen and oxygen atoms in total. The molecule has 0 spiro atoms. The van der Waals surface area contributed by atoms with Gasteiger partial charge in [0.25, 0.3) is 5.91 Å². The van der Waals surface area contributed by atoms with E-state index in [1.54, 1.807) is 6.07 Å². The Kier molecular flexibility index (Phi) is 4.77. The molecule has 1 heterocycles. The molecule has 0 atom stereocenters. The fraction of sp³-hybridized carbons (Fsp3) is 0.500. The van der Waals surface area contributed by atoms with Gasteiger partial charge in [-0.1, -0.05) is 19.3 Å². The SMILES string of the molecule is O=C(NNC(=O)C1CCCCC1)c1ccc(Br)s1. The Morgan fingerprint density at radius 3 is 2.50 bits per heavy atom. The summed E-state index contributed by atoms with van der Waals surface area (Å²) in [5, 5.41) is 0. The molecular formula is C12H15BrN2O2S. The van der Waals surface area contributed by atoms with Crippen molar-refractivity contribution >= 4 is 39.1 Å². The van der Waals surface area contributed by atoms with Crippen LogP contribution in [0.15, 0.2) is 15.9 Å². The van der Waals surface area contributed by atoms with Gasteiger partial charge in [-0.15, -0.1) is 11.3 Å². The van der Waals surface area contributed by atoms with E-state index < -0.39 is 0 Å². The number of thiophene rings is 1. The number of carbonyl (C=O) groups is 2. The van der Waals surface area contributed by atoms with Crippen molar-refractivity contribution in [3.8, 4) is 0 Å². The maximum atomic E-state index is 11.8. The fourth-order valence-corrected chi connectivity index (χ4v) is 3.36. The minimum absolute atomic E-state index is 0.0501. The summed E-state index contributed by atoms with van der Waals surface area (Å²) in [7, 11) is 0. The first-order chi connectivity index (χ1) is 8.66. The number of hydrogen-bond acceptors (Lipinski definition) is 3. The van der Waals surface area contributed by atoms with Crippen molar-refractivity contribution in [1.82, 2.24) is 10.9 Å². The van der Waals surface area contributed by atoms with Gasteiger partial charge >= 0.3 is 0 Å². The number of amides is 2. The molecule has 2 N–H and O–H groups in total. The standard InChI is InChI=1S/C12H15BrN2O2S/c13-10-7-6-9(18-10)12(17)15-14-11(16)8-4-2-1-3-5-8/h6-8H,1-5H2,(H,14,16)(H,15,17). The second-order valence-corrected chi connectivity index (χ2v) is 6.85. The normalized spacial score (nSPS) is 16.3. The van der Waals surface area contributed by atoms with Crippen molar-refractivity contribution in [3.05, 3.63) is 20.8 Å². The van der Waals surface area contributed by atoms with E-state index in [-0.39, 0.29) is 17.7 Å². The Morgan fingerprint density at radius 1 is 1.17 bits per heavy atom. The average Bonchev–Trinajstić information content (AvgIpc) is 2.83. The molecule has 0 aliphatic heterocycles. The Bertz CT molecular complexity index is 441. The molecular weight excluding hydrogens is 316 g/mol. The monoisotopic (exact) mass is 330 g/mol. The Hall–Kier alpha value is -0.880. The second kappa shape index (κ2) is 6.33. The van der Waals surface area contributed by atoms with E-state index in [1.807, 2.05) is 6.07 Å². The van der Waals surface area contributed by atoms with Gasteiger partial charge in [0.15, 0.2) is 0 Å². The maximum Gasteiger partial charge on any atom is 0.279 e. The molecule has 2 rings (SSSR count). The van der Waals surface area contributed by atoms with Crippen LogP contribution in [0, 0.1) is 5.92 Å². The summed E-state index contributed by atoms with van der Waals surface area (Å²) in [6.45, 7) is 0. The summed E-state index contributed by atoms with van der Waals surface area (Å²) >= 11 is 4.63. The van der Waals surface area contributed by atoms with Crippen molar-refractivity contribution in [2.24, 2.45) is 5.92 Å². The molecule has 1 aliphatic carbocycles. The van der Waals surface area contributed by atoms with Crippen LogP contribution in [-0.2, 0) is 4.79 Å². The third kappa shape index (κ3) is 3.55. The number of hydrogen-bond donors (Lipinski definition) is 2. The Balaban J connectivity index is 1.80. The van der Waals surface area contributed by atoms with Crippen molar-refractivity contribution in [3.63, 3.8) is 0 Å². The van der Waals surface area contributed by atoms with Gasteiger partial charge in [0.2, 0.25) is 5.91 Å². The molecule has 18 heavy (non-hydrogen) atoms. The number of rotatable bonds is 2. The molecule has 0 bridgehead atoms. The van der Waals surface area contributed by atoms with Gasteiger partial charge in [-0.05, 0) is 40.9 Å². The van der Waals surface area contributed by atoms with Gasteiger partial charge < -0.3 is 0 Å². The number of carbonyl (C=O) groups excluding carboxylic acids is 2. The summed E-state index contributed by atoms with van der Waals surface area (Å²) in [5.74, 6) is -0.289. The molecule has 1 saturated carbocycles. The van der Waals surface area contributed by atoms with Crippen molar-refractivity contribution in [2.75, 3.05) is 0 Å². The molecule has 1 aromatic heterocycles. The minimum Gasteiger partial charge on any atom is -0.273 e. The smallest absolute Gasteiger partial charge is 0.273 e. The van der Waals surface area contributed by atoms with Gasteiger partial charge in [0, 0.05) is 5.92 Å². The van der Waals surface area contributed by atoms with Crippen LogP contribution < -0.4 is 10.9 Å². The molecule has 1 aliphatic rings. The van der Waals surface area contributed by atoms with Gasteiger partial charge in [-0.2, -0.15) is 0 Å². The number of nitrogens with one attached hydrogen (secondary N) is 2. The maximum absolute atomic E-state index is 11.8. The molecule has 98 valence electrons. The summed E-state index contributed by atoms with van der Waals surface area (Å²) in [6.07, 6.45) is 5.26. The van der Waals surface area contributed by atoms with E-state index in [0.29, 0.717) is 4.88 Å². The third-order valence-electron chi connectivity index (χ3n) is 3.07. The lowest BCUT2D eigenvalue weighted by atomic mass is 9.89. The number of hydrazine groups is 1. The Morgan fingerprint density at radius 2 is 1.89 bits per heavy atom. The first-order valence-corrected chi connectivity index (χ1v) is 7.63. The molecule has 0 radical (unpaired) electrons. The minimum atomic E-state index is -0.269. The molecule has 2 amide bonds. The molecule has 0 aromatic carbocycles. The van der Waals surface area contributed by atoms with Gasteiger partial charge in [0.05, 0.1) is 8.66 Å². The van der Waals surface area contributed by atoms with Crippen LogP contribution in [0.25, 0.3) is 0 Å². The van der Waals surface area contributed by atoms with E-state index in [4.69, 9.17) is 0 Å². The third-order valence-corrected chi connectivity index (χ3v) is 4.69. The van der Waals surface area contributed by atoms with Gasteiger partial charge in [-0.25, -0.2) is 0 Å². The summed E-state index contributed by atoms with van der Waals surface area (Å²) in [4.78, 5) is 24.1. The lowest BCUT2D eigenvalue weighted by molar-refractivity contribution is -0.126. The first-order valence-electron chi connectivity index (χ1n) is 6.02. The quantitative estimate of drug-likeness (QED) is 0.819. The molecule has 0 unspecified atom stereocenters. The van der Waals surface area contributed by atoms with Gasteiger partial charge in [0.1, 0.15) is 0 Å². The average molecular weight is 331 g/mol. The van der Waals surface area contributed by atoms with E-state index in [1.165, 1.54) is 17.8 Å². The second-order valence-electron chi connectivity index (χ2n) is 4.38. The summed E-state index contributed by atoms with van der Waals surface area (Å²) in [6, 6.07) is 3.53. The Labute approximate surface area is 118 Å². The number of halogens is 1. The first kappa shape index (κ1) is 13.5. The van der Waals surface area contributed by atoms with E-state index in [9.17, 15) is 9.59 Å². The summed E-state index contributed by atoms with van der Waals surface area (Å²) < 4.78 is 0.895. The van der Waals surface area contributed by atoms with Gasteiger partial charge in [-0.3, -0.25) is 20.4 Å². The highest BCUT2D eigenvalue weighted by Crippen LogP contribution is 2.24. The fourth-order valence-electron chi connectivity index (χ4n) is 2.08. The van der Waals surface area contributed by atoms with Crippen LogP contribution in [0.5, 0.6) is 0 Å². The highest BCUT2D eigenvalue weighted by Gasteiger charge is 2.21. The van der Waals surface area contributed by atoms with Crippen LogP contribution >= 0.6 is 27.3 Å². The predicted molar refractivity (Wildman–Crippen MR) is 74.2 cm³/mol. The van der Waals surface area contributed by atoms with Crippen molar-refractivity contribution in [2.45, 2.75) is 32.1 Å². The van der Waals surface area contributed by atoms with Crippen LogP contribution in [0.1, 0.15) is 41.8 Å².